The number of nitrogens with zero attached hydrogens (tertiary/aromatic N) is 1. The highest BCUT2D eigenvalue weighted by molar-refractivity contribution is 5.78. The van der Waals surface area contributed by atoms with Crippen molar-refractivity contribution in [1.29, 1.82) is 0 Å². The van der Waals surface area contributed by atoms with Gasteiger partial charge >= 0.3 is 5.97 Å². The summed E-state index contributed by atoms with van der Waals surface area (Å²) in [5, 5.41) is 0. The Kier molecular flexibility index (Phi) is 3.60. The van der Waals surface area contributed by atoms with Crippen LogP contribution in [-0.2, 0) is 22.4 Å². The quantitative estimate of drug-likeness (QED) is 0.796. The van der Waals surface area contributed by atoms with Gasteiger partial charge in [0.05, 0.1) is 7.11 Å². The van der Waals surface area contributed by atoms with Crippen molar-refractivity contribution in [2.24, 2.45) is 5.41 Å². The lowest BCUT2D eigenvalue weighted by atomic mass is 9.88. The summed E-state index contributed by atoms with van der Waals surface area (Å²) < 4.78 is 10.2. The van der Waals surface area contributed by atoms with E-state index in [1.165, 1.54) is 7.11 Å². The summed E-state index contributed by atoms with van der Waals surface area (Å²) in [6.07, 6.45) is 0.981. The number of aromatic nitrogens is 1. The zero-order valence-electron chi connectivity index (χ0n) is 11.8. The van der Waals surface area contributed by atoms with E-state index in [-0.39, 0.29) is 17.8 Å². The van der Waals surface area contributed by atoms with E-state index >= 15 is 0 Å². The molecule has 0 N–H and O–H groups in total. The minimum atomic E-state index is -0.344. The first-order valence-corrected chi connectivity index (χ1v) is 6.33. The van der Waals surface area contributed by atoms with Crippen LogP contribution in [0.4, 0.5) is 0 Å². The third kappa shape index (κ3) is 3.34. The van der Waals surface area contributed by atoms with Gasteiger partial charge in [-0.1, -0.05) is 32.9 Å². The Bertz CT molecular complexity index is 593. The first-order chi connectivity index (χ1) is 8.89. The van der Waals surface area contributed by atoms with E-state index in [1.807, 2.05) is 12.1 Å². The average Bonchev–Trinajstić information content (AvgIpc) is 2.70. The predicted octanol–water partition coefficient (Wildman–Crippen LogP) is 3.13. The molecular formula is C15H19NO3. The fraction of sp³-hybridized carbons (Fsp3) is 0.467. The smallest absolute Gasteiger partial charge is 0.314 e. The Morgan fingerprint density at radius 1 is 1.37 bits per heavy atom. The van der Waals surface area contributed by atoms with Crippen LogP contribution < -0.4 is 0 Å². The van der Waals surface area contributed by atoms with Gasteiger partial charge in [-0.2, -0.15) is 0 Å². The molecule has 1 aromatic carbocycles. The monoisotopic (exact) mass is 261 g/mol. The number of hydrogen-bond acceptors (Lipinski definition) is 4. The Labute approximate surface area is 112 Å². The van der Waals surface area contributed by atoms with Crippen molar-refractivity contribution in [3.8, 4) is 0 Å². The molecular weight excluding hydrogens is 242 g/mol. The van der Waals surface area contributed by atoms with Gasteiger partial charge < -0.3 is 9.15 Å². The Hall–Kier alpha value is -1.84. The standard InChI is InChI=1S/C15H19NO3/c1-15(2,3)9-10-6-5-7-11-14(10)16-12(19-11)8-13(17)18-4/h5-7H,8-9H2,1-4H3. The second-order valence-corrected chi connectivity index (χ2v) is 5.86. The molecule has 0 aliphatic heterocycles. The first kappa shape index (κ1) is 13.6. The number of ether oxygens (including phenoxy) is 1. The molecule has 0 bridgehead atoms. The van der Waals surface area contributed by atoms with E-state index in [4.69, 9.17) is 4.42 Å². The summed E-state index contributed by atoms with van der Waals surface area (Å²) in [5.74, 6) is 0.0622. The van der Waals surface area contributed by atoms with Gasteiger partial charge in [0.2, 0.25) is 5.89 Å². The molecule has 19 heavy (non-hydrogen) atoms. The van der Waals surface area contributed by atoms with Crippen LogP contribution in [0, 0.1) is 5.41 Å². The summed E-state index contributed by atoms with van der Waals surface area (Å²) in [4.78, 5) is 15.7. The van der Waals surface area contributed by atoms with Gasteiger partial charge in [0.15, 0.2) is 5.58 Å². The van der Waals surface area contributed by atoms with Crippen molar-refractivity contribution >= 4 is 17.1 Å². The van der Waals surface area contributed by atoms with Crippen LogP contribution in [0.15, 0.2) is 22.6 Å². The molecule has 102 valence electrons. The molecule has 2 rings (SSSR count). The number of oxazole rings is 1. The van der Waals surface area contributed by atoms with Gasteiger partial charge in [0, 0.05) is 0 Å². The van der Waals surface area contributed by atoms with Crippen molar-refractivity contribution in [2.45, 2.75) is 33.6 Å². The maximum absolute atomic E-state index is 11.2. The molecule has 0 spiro atoms. The summed E-state index contributed by atoms with van der Waals surface area (Å²) >= 11 is 0. The summed E-state index contributed by atoms with van der Waals surface area (Å²) in [7, 11) is 1.36. The topological polar surface area (TPSA) is 52.3 Å². The van der Waals surface area contributed by atoms with Gasteiger partial charge in [-0.15, -0.1) is 0 Å². The SMILES string of the molecule is COC(=O)Cc1nc2c(CC(C)(C)C)cccc2o1. The van der Waals surface area contributed by atoms with Gasteiger partial charge in [-0.05, 0) is 23.5 Å². The van der Waals surface area contributed by atoms with E-state index in [0.717, 1.165) is 23.1 Å². The normalized spacial score (nSPS) is 11.8. The van der Waals surface area contributed by atoms with Crippen LogP contribution in [-0.4, -0.2) is 18.1 Å². The minimum absolute atomic E-state index is 0.0696. The van der Waals surface area contributed by atoms with E-state index in [9.17, 15) is 4.79 Å². The number of methoxy groups -OCH3 is 1. The number of esters is 1. The number of rotatable bonds is 3. The van der Waals surface area contributed by atoms with Crippen LogP contribution in [0.3, 0.4) is 0 Å². The number of hydrogen-bond donors (Lipinski definition) is 0. The third-order valence-electron chi connectivity index (χ3n) is 2.79. The zero-order chi connectivity index (χ0) is 14.0. The molecule has 0 fully saturated rings. The zero-order valence-corrected chi connectivity index (χ0v) is 11.8. The van der Waals surface area contributed by atoms with E-state index in [1.54, 1.807) is 0 Å². The predicted molar refractivity (Wildman–Crippen MR) is 72.9 cm³/mol. The van der Waals surface area contributed by atoms with Crippen LogP contribution in [0.1, 0.15) is 32.2 Å². The molecule has 0 aliphatic rings. The second kappa shape index (κ2) is 5.03. The molecule has 0 radical (unpaired) electrons. The van der Waals surface area contributed by atoms with Crippen LogP contribution >= 0.6 is 0 Å². The minimum Gasteiger partial charge on any atom is -0.469 e. The molecule has 2 aromatic rings. The van der Waals surface area contributed by atoms with Gasteiger partial charge in [-0.3, -0.25) is 4.79 Å². The lowest BCUT2D eigenvalue weighted by Crippen LogP contribution is -2.09. The Balaban J connectivity index is 2.36. The molecule has 0 unspecified atom stereocenters. The fourth-order valence-corrected chi connectivity index (χ4v) is 2.04. The maximum Gasteiger partial charge on any atom is 0.314 e. The molecule has 4 heteroatoms. The molecule has 4 nitrogen and oxygen atoms in total. The lowest BCUT2D eigenvalue weighted by Gasteiger charge is -2.17. The highest BCUT2D eigenvalue weighted by Crippen LogP contribution is 2.26. The van der Waals surface area contributed by atoms with Crippen molar-refractivity contribution in [3.63, 3.8) is 0 Å². The van der Waals surface area contributed by atoms with E-state index in [0.29, 0.717) is 5.89 Å². The largest absolute Gasteiger partial charge is 0.469 e. The summed E-state index contributed by atoms with van der Waals surface area (Å²) in [6.45, 7) is 6.55. The van der Waals surface area contributed by atoms with E-state index < -0.39 is 0 Å². The molecule has 0 saturated carbocycles. The summed E-state index contributed by atoms with van der Waals surface area (Å²) in [5.41, 5.74) is 2.89. The number of fused-ring (bicyclic) bond motifs is 1. The van der Waals surface area contributed by atoms with Crippen molar-refractivity contribution in [3.05, 3.63) is 29.7 Å². The second-order valence-electron chi connectivity index (χ2n) is 5.86. The highest BCUT2D eigenvalue weighted by atomic mass is 16.5. The molecule has 0 aliphatic carbocycles. The van der Waals surface area contributed by atoms with Crippen LogP contribution in [0.5, 0.6) is 0 Å². The van der Waals surface area contributed by atoms with E-state index in [2.05, 4.69) is 36.6 Å². The van der Waals surface area contributed by atoms with Crippen LogP contribution in [0.2, 0.25) is 0 Å². The molecule has 0 saturated heterocycles. The molecule has 1 heterocycles. The van der Waals surface area contributed by atoms with Crippen molar-refractivity contribution < 1.29 is 13.9 Å². The summed E-state index contributed by atoms with van der Waals surface area (Å²) in [6, 6.07) is 5.88. The van der Waals surface area contributed by atoms with Crippen molar-refractivity contribution in [2.75, 3.05) is 7.11 Å². The maximum atomic E-state index is 11.2. The van der Waals surface area contributed by atoms with Gasteiger partial charge in [0.25, 0.3) is 0 Å². The number of carbonyl (C=O) groups is 1. The average molecular weight is 261 g/mol. The van der Waals surface area contributed by atoms with Gasteiger partial charge in [0.1, 0.15) is 11.9 Å². The number of para-hydroxylation sites is 1. The number of carbonyl (C=O) groups excluding carboxylic acids is 1. The first-order valence-electron chi connectivity index (χ1n) is 6.33. The number of benzene rings is 1. The lowest BCUT2D eigenvalue weighted by molar-refractivity contribution is -0.140. The highest BCUT2D eigenvalue weighted by Gasteiger charge is 2.17. The van der Waals surface area contributed by atoms with Gasteiger partial charge in [-0.25, -0.2) is 4.98 Å². The van der Waals surface area contributed by atoms with Crippen molar-refractivity contribution in [1.82, 2.24) is 4.98 Å². The molecule has 0 amide bonds. The Morgan fingerprint density at radius 3 is 2.74 bits per heavy atom. The van der Waals surface area contributed by atoms with Crippen LogP contribution in [0.25, 0.3) is 11.1 Å². The molecule has 1 aromatic heterocycles. The fourth-order valence-electron chi connectivity index (χ4n) is 2.04. The molecule has 0 atom stereocenters. The third-order valence-corrected chi connectivity index (χ3v) is 2.79. The Morgan fingerprint density at radius 2 is 2.11 bits per heavy atom.